The minimum absolute atomic E-state index is 0. The molecule has 0 aliphatic carbocycles. The van der Waals surface area contributed by atoms with Crippen molar-refractivity contribution in [1.82, 2.24) is 29.9 Å². The molecule has 0 fully saturated rings. The Morgan fingerprint density at radius 2 is 1.63 bits per heavy atom. The minimum Gasteiger partial charge on any atom is -0.870 e. The molecular formula is C9H6KN6O3-. The van der Waals surface area contributed by atoms with Gasteiger partial charge in [-0.1, -0.05) is 0 Å². The number of hydrogen-bond donors (Lipinski definition) is 2. The number of nitrogens with one attached hydrogen (secondary N) is 2. The normalized spacial score (nSPS) is 9.95. The van der Waals surface area contributed by atoms with Crippen molar-refractivity contribution in [1.29, 1.82) is 0 Å². The van der Waals surface area contributed by atoms with Crippen molar-refractivity contribution in [3.8, 4) is 0 Å². The molecule has 3 heterocycles. The number of hydrogen-bond acceptors (Lipinski definition) is 7. The van der Waals surface area contributed by atoms with Crippen LogP contribution in [0.25, 0.3) is 22.3 Å². The quantitative estimate of drug-likeness (QED) is 0.242. The summed E-state index contributed by atoms with van der Waals surface area (Å²) in [5.41, 5.74) is -0.605. The average molecular weight is 285 g/mol. The molecule has 0 radical (unpaired) electrons. The molecule has 3 aromatic heterocycles. The van der Waals surface area contributed by atoms with Gasteiger partial charge in [0.2, 0.25) is 0 Å². The predicted molar refractivity (Wildman–Crippen MR) is 59.4 cm³/mol. The molecule has 0 unspecified atom stereocenters. The zero-order valence-corrected chi connectivity index (χ0v) is 13.2. The smallest absolute Gasteiger partial charge is 0.870 e. The summed E-state index contributed by atoms with van der Waals surface area (Å²) < 4.78 is 0. The Morgan fingerprint density at radius 1 is 1.00 bits per heavy atom. The number of aromatic amines is 2. The second-order valence-corrected chi connectivity index (χ2v) is 3.40. The molecule has 0 amide bonds. The summed E-state index contributed by atoms with van der Waals surface area (Å²) in [7, 11) is 0. The third-order valence-electron chi connectivity index (χ3n) is 2.19. The van der Waals surface area contributed by atoms with Crippen LogP contribution in [-0.4, -0.2) is 35.4 Å². The number of H-pyrrole nitrogens is 2. The van der Waals surface area contributed by atoms with Crippen LogP contribution in [0.2, 0.25) is 0 Å². The predicted octanol–water partition coefficient (Wildman–Crippen LogP) is -4.11. The Labute approximate surface area is 147 Å². The first kappa shape index (κ1) is 16.0. The first-order valence-electron chi connectivity index (χ1n) is 4.70. The molecule has 0 aliphatic rings. The Hall–Kier alpha value is -1.04. The maximum Gasteiger partial charge on any atom is 1.00 e. The maximum atomic E-state index is 11.6. The molecule has 0 aliphatic heterocycles. The summed E-state index contributed by atoms with van der Waals surface area (Å²) in [4.78, 5) is 43.5. The monoisotopic (exact) mass is 285 g/mol. The summed E-state index contributed by atoms with van der Waals surface area (Å²) in [6.07, 6.45) is 2.28. The van der Waals surface area contributed by atoms with E-state index in [0.29, 0.717) is 5.82 Å². The van der Waals surface area contributed by atoms with Gasteiger partial charge in [-0.15, -0.1) is 0 Å². The minimum atomic E-state index is -0.468. The van der Waals surface area contributed by atoms with E-state index in [-0.39, 0.29) is 79.2 Å². The fourth-order valence-electron chi connectivity index (χ4n) is 1.48. The van der Waals surface area contributed by atoms with Crippen molar-refractivity contribution >= 4 is 22.3 Å². The summed E-state index contributed by atoms with van der Waals surface area (Å²) in [5.74, 6) is 0.406. The second kappa shape index (κ2) is 5.94. The summed E-state index contributed by atoms with van der Waals surface area (Å²) in [6, 6.07) is 0. The molecule has 3 aromatic rings. The van der Waals surface area contributed by atoms with Crippen molar-refractivity contribution in [2.75, 3.05) is 0 Å². The molecule has 0 atom stereocenters. The fraction of sp³-hybridized carbons (Fsp3) is 0.111. The number of nitrogens with zero attached hydrogens (tertiary/aromatic N) is 4. The summed E-state index contributed by atoms with van der Waals surface area (Å²) >= 11 is 0. The third kappa shape index (κ3) is 2.78. The SMILES string of the molecule is Cc1nc2nc3c(=O)[nH][c-]nc3nc2c(=O)[nH]1.[K+].[OH-]. The van der Waals surface area contributed by atoms with Crippen molar-refractivity contribution in [2.24, 2.45) is 0 Å². The molecule has 19 heavy (non-hydrogen) atoms. The first-order chi connectivity index (χ1) is 8.15. The molecule has 92 valence electrons. The van der Waals surface area contributed by atoms with Gasteiger partial charge in [-0.3, -0.25) is 9.78 Å². The molecule has 10 heteroatoms. The largest absolute Gasteiger partial charge is 1.00 e. The average Bonchev–Trinajstić information content (AvgIpc) is 2.28. The fourth-order valence-corrected chi connectivity index (χ4v) is 1.48. The van der Waals surface area contributed by atoms with Crippen molar-refractivity contribution in [3.63, 3.8) is 0 Å². The zero-order valence-electron chi connectivity index (χ0n) is 10.1. The Bertz CT molecular complexity index is 858. The van der Waals surface area contributed by atoms with E-state index < -0.39 is 11.1 Å². The van der Waals surface area contributed by atoms with Gasteiger partial charge >= 0.3 is 51.4 Å². The van der Waals surface area contributed by atoms with Gasteiger partial charge in [-0.2, -0.15) is 0 Å². The molecule has 9 nitrogen and oxygen atoms in total. The number of aryl methyl sites for hydroxylation is 1. The first-order valence-corrected chi connectivity index (χ1v) is 4.70. The van der Waals surface area contributed by atoms with Gasteiger partial charge < -0.3 is 25.2 Å². The van der Waals surface area contributed by atoms with Crippen LogP contribution in [0.5, 0.6) is 0 Å². The van der Waals surface area contributed by atoms with Crippen LogP contribution >= 0.6 is 0 Å². The molecule has 0 spiro atoms. The van der Waals surface area contributed by atoms with Crippen LogP contribution in [0.15, 0.2) is 9.59 Å². The molecular weight excluding hydrogens is 279 g/mol. The van der Waals surface area contributed by atoms with E-state index >= 15 is 0 Å². The number of rotatable bonds is 0. The van der Waals surface area contributed by atoms with Crippen LogP contribution in [0.1, 0.15) is 5.82 Å². The molecule has 3 rings (SSSR count). The van der Waals surface area contributed by atoms with Gasteiger partial charge in [-0.25, -0.2) is 9.97 Å². The van der Waals surface area contributed by atoms with Gasteiger partial charge in [0.15, 0.2) is 16.7 Å². The molecule has 3 N–H and O–H groups in total. The van der Waals surface area contributed by atoms with Crippen LogP contribution in [0.4, 0.5) is 0 Å². The van der Waals surface area contributed by atoms with Gasteiger partial charge in [0.25, 0.3) is 5.56 Å². The number of aromatic nitrogens is 6. The van der Waals surface area contributed by atoms with E-state index in [1.807, 2.05) is 0 Å². The zero-order chi connectivity index (χ0) is 12.0. The van der Waals surface area contributed by atoms with Gasteiger partial charge in [0, 0.05) is 6.33 Å². The van der Waals surface area contributed by atoms with Crippen molar-refractivity contribution in [2.45, 2.75) is 6.92 Å². The Kier molecular flexibility index (Phi) is 5.01. The van der Waals surface area contributed by atoms with E-state index in [1.165, 1.54) is 0 Å². The van der Waals surface area contributed by atoms with E-state index in [1.54, 1.807) is 6.92 Å². The van der Waals surface area contributed by atoms with Gasteiger partial charge in [-0.05, 0) is 6.92 Å². The van der Waals surface area contributed by atoms with E-state index in [9.17, 15) is 9.59 Å². The Morgan fingerprint density at radius 3 is 2.37 bits per heavy atom. The standard InChI is InChI=1S/C9H5N6O2.K.H2O/c1-3-12-7-5(9(17)13-3)14-6-4(15-7)8(16)11-2-10-6;;/h1H3,(H,10,11,14,16)(H,12,13,15,17);;1H2/q-1;+1;/p-1. The summed E-state index contributed by atoms with van der Waals surface area (Å²) in [5, 5.41) is 0. The van der Waals surface area contributed by atoms with Gasteiger partial charge in [0.1, 0.15) is 5.82 Å². The van der Waals surface area contributed by atoms with E-state index in [2.05, 4.69) is 36.2 Å². The van der Waals surface area contributed by atoms with Crippen LogP contribution in [0.3, 0.4) is 0 Å². The second-order valence-electron chi connectivity index (χ2n) is 3.40. The Balaban J connectivity index is 0.000000902. The van der Waals surface area contributed by atoms with Crippen LogP contribution in [-0.2, 0) is 0 Å². The van der Waals surface area contributed by atoms with Crippen LogP contribution < -0.4 is 62.5 Å². The maximum absolute atomic E-state index is 11.6. The van der Waals surface area contributed by atoms with Crippen molar-refractivity contribution in [3.05, 3.63) is 32.9 Å². The van der Waals surface area contributed by atoms with Gasteiger partial charge in [0.05, 0.1) is 11.2 Å². The number of fused-ring (bicyclic) bond motifs is 2. The molecule has 0 aromatic carbocycles. The molecule has 0 bridgehead atoms. The third-order valence-corrected chi connectivity index (χ3v) is 2.19. The molecule has 0 saturated heterocycles. The van der Waals surface area contributed by atoms with E-state index in [0.717, 1.165) is 0 Å². The van der Waals surface area contributed by atoms with Crippen molar-refractivity contribution < 1.29 is 56.9 Å². The molecule has 0 saturated carbocycles. The summed E-state index contributed by atoms with van der Waals surface area (Å²) in [6.45, 7) is 1.62. The van der Waals surface area contributed by atoms with E-state index in [4.69, 9.17) is 0 Å². The van der Waals surface area contributed by atoms with Crippen LogP contribution in [0, 0.1) is 13.3 Å². The topological polar surface area (TPSA) is 147 Å².